The third-order valence-electron chi connectivity index (χ3n) is 3.11. The second-order valence-electron chi connectivity index (χ2n) is 4.38. The highest BCUT2D eigenvalue weighted by Gasteiger charge is 2.25. The molecule has 0 saturated heterocycles. The molecule has 1 rings (SSSR count). The van der Waals surface area contributed by atoms with E-state index in [2.05, 4.69) is 46.8 Å². The first-order valence-corrected chi connectivity index (χ1v) is 4.89. The first-order valence-electron chi connectivity index (χ1n) is 4.89. The zero-order chi connectivity index (χ0) is 9.30. The molecule has 0 bridgehead atoms. The van der Waals surface area contributed by atoms with Gasteiger partial charge in [-0.05, 0) is 31.6 Å². The molecule has 0 heteroatoms. The third kappa shape index (κ3) is 1.63. The smallest absolute Gasteiger partial charge is 0.0117 e. The monoisotopic (exact) mass is 164 g/mol. The van der Waals surface area contributed by atoms with Crippen LogP contribution >= 0.6 is 0 Å². The van der Waals surface area contributed by atoms with Crippen LogP contribution in [0, 0.1) is 17.8 Å². The van der Waals surface area contributed by atoms with E-state index in [4.69, 9.17) is 0 Å². The lowest BCUT2D eigenvalue weighted by molar-refractivity contribution is 0.347. The maximum Gasteiger partial charge on any atom is -0.0117 e. The van der Waals surface area contributed by atoms with E-state index in [1.54, 1.807) is 5.57 Å². The molecule has 0 aromatic heterocycles. The van der Waals surface area contributed by atoms with Crippen molar-refractivity contribution in [1.82, 2.24) is 0 Å². The van der Waals surface area contributed by atoms with E-state index >= 15 is 0 Å². The normalized spacial score (nSPS) is 30.2. The molecule has 0 saturated carbocycles. The predicted octanol–water partition coefficient (Wildman–Crippen LogP) is 3.80. The molecule has 2 atom stereocenters. The van der Waals surface area contributed by atoms with Gasteiger partial charge < -0.3 is 0 Å². The van der Waals surface area contributed by atoms with Gasteiger partial charge in [-0.2, -0.15) is 0 Å². The van der Waals surface area contributed by atoms with Crippen LogP contribution in [0.1, 0.15) is 34.6 Å². The van der Waals surface area contributed by atoms with E-state index in [1.165, 1.54) is 5.57 Å². The second kappa shape index (κ2) is 3.47. The summed E-state index contributed by atoms with van der Waals surface area (Å²) in [4.78, 5) is 0. The first-order chi connectivity index (χ1) is 5.54. The molecule has 0 aliphatic heterocycles. The first kappa shape index (κ1) is 9.57. The fourth-order valence-corrected chi connectivity index (χ4v) is 2.31. The van der Waals surface area contributed by atoms with Gasteiger partial charge >= 0.3 is 0 Å². The second-order valence-corrected chi connectivity index (χ2v) is 4.38. The Morgan fingerprint density at radius 1 is 1.08 bits per heavy atom. The Hall–Kier alpha value is -0.520. The average molecular weight is 164 g/mol. The Labute approximate surface area is 76.4 Å². The maximum atomic E-state index is 2.34. The largest absolute Gasteiger partial charge is 0.0699 e. The van der Waals surface area contributed by atoms with Crippen molar-refractivity contribution in [3.8, 4) is 0 Å². The summed E-state index contributed by atoms with van der Waals surface area (Å²) in [7, 11) is 0. The van der Waals surface area contributed by atoms with Crippen LogP contribution in [-0.4, -0.2) is 0 Å². The van der Waals surface area contributed by atoms with Crippen molar-refractivity contribution in [3.05, 3.63) is 23.3 Å². The van der Waals surface area contributed by atoms with Gasteiger partial charge in [-0.1, -0.05) is 44.1 Å². The summed E-state index contributed by atoms with van der Waals surface area (Å²) in [6.45, 7) is 11.5. The zero-order valence-corrected chi connectivity index (χ0v) is 8.89. The lowest BCUT2D eigenvalue weighted by Gasteiger charge is -2.31. The van der Waals surface area contributed by atoms with E-state index in [0.717, 1.165) is 17.8 Å². The van der Waals surface area contributed by atoms with Crippen LogP contribution in [0.25, 0.3) is 0 Å². The standard InChI is InChI=1S/C12H20/c1-8(2)12-10(4)7-6-9(3)11(12)5/h6-8,11-12H,1-5H3. The molecule has 0 aromatic rings. The van der Waals surface area contributed by atoms with Gasteiger partial charge in [0.1, 0.15) is 0 Å². The van der Waals surface area contributed by atoms with E-state index in [-0.39, 0.29) is 0 Å². The fraction of sp³-hybridized carbons (Fsp3) is 0.667. The molecule has 0 amide bonds. The van der Waals surface area contributed by atoms with Gasteiger partial charge in [0.15, 0.2) is 0 Å². The summed E-state index contributed by atoms with van der Waals surface area (Å²) in [5.41, 5.74) is 3.07. The van der Waals surface area contributed by atoms with Crippen LogP contribution in [-0.2, 0) is 0 Å². The molecule has 0 spiro atoms. The molecule has 12 heavy (non-hydrogen) atoms. The lowest BCUT2D eigenvalue weighted by Crippen LogP contribution is -2.22. The van der Waals surface area contributed by atoms with Crippen molar-refractivity contribution in [1.29, 1.82) is 0 Å². The Bertz CT molecular complexity index is 218. The number of hydrogen-bond acceptors (Lipinski definition) is 0. The molecule has 0 nitrogen and oxygen atoms in total. The van der Waals surface area contributed by atoms with Gasteiger partial charge in [-0.15, -0.1) is 0 Å². The summed E-state index contributed by atoms with van der Waals surface area (Å²) in [5.74, 6) is 2.25. The van der Waals surface area contributed by atoms with Crippen molar-refractivity contribution in [2.45, 2.75) is 34.6 Å². The number of rotatable bonds is 1. The summed E-state index contributed by atoms with van der Waals surface area (Å²) >= 11 is 0. The van der Waals surface area contributed by atoms with Crippen LogP contribution in [0.5, 0.6) is 0 Å². The molecule has 1 aliphatic carbocycles. The molecule has 0 aromatic carbocycles. The molecular weight excluding hydrogens is 144 g/mol. The minimum Gasteiger partial charge on any atom is -0.0699 e. The molecule has 68 valence electrons. The van der Waals surface area contributed by atoms with E-state index < -0.39 is 0 Å². The fourth-order valence-electron chi connectivity index (χ4n) is 2.31. The molecule has 0 fully saturated rings. The van der Waals surface area contributed by atoms with Gasteiger partial charge in [-0.3, -0.25) is 0 Å². The highest BCUT2D eigenvalue weighted by Crippen LogP contribution is 2.35. The SMILES string of the molecule is CC1=CC=C(C)C(C(C)C)C1C. The average Bonchev–Trinajstić information content (AvgIpc) is 1.97. The highest BCUT2D eigenvalue weighted by atomic mass is 14.3. The van der Waals surface area contributed by atoms with E-state index in [9.17, 15) is 0 Å². The topological polar surface area (TPSA) is 0 Å². The summed E-state index contributed by atoms with van der Waals surface area (Å²) in [6, 6.07) is 0. The molecule has 2 unspecified atom stereocenters. The Morgan fingerprint density at radius 2 is 1.58 bits per heavy atom. The van der Waals surface area contributed by atoms with E-state index in [0.29, 0.717) is 0 Å². The van der Waals surface area contributed by atoms with E-state index in [1.807, 2.05) is 0 Å². The highest BCUT2D eigenvalue weighted by molar-refractivity contribution is 5.26. The van der Waals surface area contributed by atoms with Crippen LogP contribution in [0.15, 0.2) is 23.3 Å². The van der Waals surface area contributed by atoms with Crippen LogP contribution in [0.3, 0.4) is 0 Å². The van der Waals surface area contributed by atoms with Gasteiger partial charge in [0, 0.05) is 0 Å². The Balaban J connectivity index is 2.89. The summed E-state index contributed by atoms with van der Waals surface area (Å²) in [6.07, 6.45) is 4.54. The molecular formula is C12H20. The minimum absolute atomic E-state index is 0.731. The van der Waals surface area contributed by atoms with Gasteiger partial charge in [-0.25, -0.2) is 0 Å². The Kier molecular flexibility index (Phi) is 2.76. The van der Waals surface area contributed by atoms with Crippen molar-refractivity contribution in [3.63, 3.8) is 0 Å². The van der Waals surface area contributed by atoms with Gasteiger partial charge in [0.25, 0.3) is 0 Å². The maximum absolute atomic E-state index is 2.34. The summed E-state index contributed by atoms with van der Waals surface area (Å²) < 4.78 is 0. The quantitative estimate of drug-likeness (QED) is 0.553. The predicted molar refractivity (Wildman–Crippen MR) is 55.0 cm³/mol. The van der Waals surface area contributed by atoms with Crippen molar-refractivity contribution >= 4 is 0 Å². The van der Waals surface area contributed by atoms with Crippen LogP contribution in [0.2, 0.25) is 0 Å². The molecule has 0 N–H and O–H groups in total. The number of allylic oxidation sites excluding steroid dienone is 4. The van der Waals surface area contributed by atoms with Crippen LogP contribution < -0.4 is 0 Å². The van der Waals surface area contributed by atoms with Crippen molar-refractivity contribution in [2.24, 2.45) is 17.8 Å². The summed E-state index contributed by atoms with van der Waals surface area (Å²) in [5, 5.41) is 0. The molecule has 0 heterocycles. The lowest BCUT2D eigenvalue weighted by atomic mass is 9.74. The Morgan fingerprint density at radius 3 is 2.00 bits per heavy atom. The van der Waals surface area contributed by atoms with Crippen molar-refractivity contribution < 1.29 is 0 Å². The van der Waals surface area contributed by atoms with Crippen molar-refractivity contribution in [2.75, 3.05) is 0 Å². The van der Waals surface area contributed by atoms with Crippen LogP contribution in [0.4, 0.5) is 0 Å². The minimum atomic E-state index is 0.731. The third-order valence-corrected chi connectivity index (χ3v) is 3.11. The molecule has 1 aliphatic rings. The molecule has 0 radical (unpaired) electrons. The number of hydrogen-bond donors (Lipinski definition) is 0. The van der Waals surface area contributed by atoms with Gasteiger partial charge in [0.2, 0.25) is 0 Å². The van der Waals surface area contributed by atoms with Gasteiger partial charge in [0.05, 0.1) is 0 Å². The zero-order valence-electron chi connectivity index (χ0n) is 8.89.